The maximum absolute atomic E-state index is 12.5. The Balaban J connectivity index is 1.94. The molecule has 7 heteroatoms. The van der Waals surface area contributed by atoms with E-state index in [1.807, 2.05) is 24.3 Å². The van der Waals surface area contributed by atoms with Gasteiger partial charge in [-0.3, -0.25) is 4.79 Å². The van der Waals surface area contributed by atoms with E-state index < -0.39 is 22.0 Å². The summed E-state index contributed by atoms with van der Waals surface area (Å²) >= 11 is 0. The van der Waals surface area contributed by atoms with Crippen LogP contribution >= 0.6 is 0 Å². The molecule has 1 fully saturated rings. The molecule has 0 radical (unpaired) electrons. The number of ether oxygens (including phenoxy) is 1. The van der Waals surface area contributed by atoms with Crippen LogP contribution in [0.1, 0.15) is 44.6 Å². The van der Waals surface area contributed by atoms with E-state index >= 15 is 0 Å². The Labute approximate surface area is 155 Å². The molecule has 0 aromatic heterocycles. The number of hydrogen-bond donors (Lipinski definition) is 1. The summed E-state index contributed by atoms with van der Waals surface area (Å²) in [7, 11) is -3.63. The number of sulfonamides is 1. The number of unbranched alkanes of at least 4 members (excludes halogenated alkanes) is 1. The van der Waals surface area contributed by atoms with Crippen molar-refractivity contribution < 1.29 is 23.1 Å². The Kier molecular flexibility index (Phi) is 7.66. The fourth-order valence-corrected chi connectivity index (χ4v) is 4.42. The minimum atomic E-state index is -3.63. The second kappa shape index (κ2) is 9.73. The number of carbonyl (C=O) groups is 1. The molecule has 0 bridgehead atoms. The Morgan fingerprint density at radius 3 is 2.69 bits per heavy atom. The fourth-order valence-electron chi connectivity index (χ4n) is 2.90. The van der Waals surface area contributed by atoms with Crippen molar-refractivity contribution in [3.05, 3.63) is 35.9 Å². The number of nitrogens with zero attached hydrogens (tertiary/aromatic N) is 1. The van der Waals surface area contributed by atoms with Crippen LogP contribution in [0, 0.1) is 0 Å². The van der Waals surface area contributed by atoms with Crippen LogP contribution in [-0.2, 0) is 14.8 Å². The van der Waals surface area contributed by atoms with E-state index in [2.05, 4.69) is 6.92 Å². The summed E-state index contributed by atoms with van der Waals surface area (Å²) in [6.45, 7) is 3.06. The summed E-state index contributed by atoms with van der Waals surface area (Å²) in [6.07, 6.45) is 7.20. The third kappa shape index (κ3) is 5.85. The van der Waals surface area contributed by atoms with Gasteiger partial charge in [-0.15, -0.1) is 0 Å². The number of carboxylic acid groups (broad SMARTS) is 1. The van der Waals surface area contributed by atoms with Gasteiger partial charge in [0.25, 0.3) is 0 Å². The number of hydrogen-bond acceptors (Lipinski definition) is 4. The molecule has 0 aliphatic carbocycles. The predicted octanol–water partition coefficient (Wildman–Crippen LogP) is 3.15. The molecule has 1 unspecified atom stereocenters. The highest BCUT2D eigenvalue weighted by Gasteiger charge is 2.35. The number of aliphatic carboxylic acids is 1. The number of rotatable bonds is 9. The van der Waals surface area contributed by atoms with Crippen molar-refractivity contribution in [2.75, 3.05) is 18.9 Å². The van der Waals surface area contributed by atoms with Crippen molar-refractivity contribution in [1.29, 1.82) is 0 Å². The summed E-state index contributed by atoms with van der Waals surface area (Å²) in [5.74, 6) is -0.484. The minimum absolute atomic E-state index is 0.203. The lowest BCUT2D eigenvalue weighted by molar-refractivity contribution is -0.142. The molecule has 0 amide bonds. The maximum atomic E-state index is 12.5. The largest absolute Gasteiger partial charge is 0.494 e. The van der Waals surface area contributed by atoms with Crippen molar-refractivity contribution in [3.63, 3.8) is 0 Å². The summed E-state index contributed by atoms with van der Waals surface area (Å²) in [6, 6.07) is 6.50. The normalized spacial score (nSPS) is 18.9. The summed E-state index contributed by atoms with van der Waals surface area (Å²) in [5, 5.41) is 9.24. The van der Waals surface area contributed by atoms with E-state index in [0.717, 1.165) is 34.9 Å². The second-order valence-electron chi connectivity index (χ2n) is 6.41. The first-order valence-electron chi connectivity index (χ1n) is 9.06. The molecular weight excluding hydrogens is 354 g/mol. The maximum Gasteiger partial charge on any atom is 0.322 e. The van der Waals surface area contributed by atoms with Crippen molar-refractivity contribution in [3.8, 4) is 5.75 Å². The first kappa shape index (κ1) is 20.5. The van der Waals surface area contributed by atoms with E-state index in [-0.39, 0.29) is 12.3 Å². The van der Waals surface area contributed by atoms with Crippen LogP contribution in [0.5, 0.6) is 5.75 Å². The van der Waals surface area contributed by atoms with Gasteiger partial charge in [0.15, 0.2) is 0 Å². The van der Waals surface area contributed by atoms with Gasteiger partial charge in [-0.25, -0.2) is 8.42 Å². The van der Waals surface area contributed by atoms with Gasteiger partial charge >= 0.3 is 5.97 Å². The van der Waals surface area contributed by atoms with Gasteiger partial charge in [0.1, 0.15) is 11.8 Å². The molecule has 1 atom stereocenters. The highest BCUT2D eigenvalue weighted by Crippen LogP contribution is 2.21. The average molecular weight is 381 g/mol. The van der Waals surface area contributed by atoms with Crippen LogP contribution in [0.25, 0.3) is 6.08 Å². The van der Waals surface area contributed by atoms with Gasteiger partial charge in [-0.1, -0.05) is 37.6 Å². The first-order valence-corrected chi connectivity index (χ1v) is 10.7. The number of benzene rings is 1. The predicted molar refractivity (Wildman–Crippen MR) is 102 cm³/mol. The third-order valence-electron chi connectivity index (χ3n) is 4.36. The molecule has 2 rings (SSSR count). The first-order chi connectivity index (χ1) is 12.4. The quantitative estimate of drug-likeness (QED) is 0.664. The van der Waals surface area contributed by atoms with E-state index in [0.29, 0.717) is 19.4 Å². The Morgan fingerprint density at radius 2 is 2.04 bits per heavy atom. The smallest absolute Gasteiger partial charge is 0.322 e. The van der Waals surface area contributed by atoms with Crippen molar-refractivity contribution in [1.82, 2.24) is 4.31 Å². The summed E-state index contributed by atoms with van der Waals surface area (Å²) in [5.41, 5.74) is 0.872. The molecule has 1 aromatic carbocycles. The molecule has 0 spiro atoms. The molecule has 1 aromatic rings. The zero-order valence-corrected chi connectivity index (χ0v) is 16.0. The van der Waals surface area contributed by atoms with Crippen LogP contribution in [0.4, 0.5) is 0 Å². The SMILES string of the molecule is CCCCOc1ccc(C=CCS(=O)(=O)N2CCCCC2C(=O)O)cc1. The molecule has 144 valence electrons. The highest BCUT2D eigenvalue weighted by atomic mass is 32.2. The lowest BCUT2D eigenvalue weighted by atomic mass is 10.1. The van der Waals surface area contributed by atoms with Crippen LogP contribution in [-0.4, -0.2) is 48.7 Å². The molecule has 6 nitrogen and oxygen atoms in total. The van der Waals surface area contributed by atoms with Crippen LogP contribution < -0.4 is 4.74 Å². The summed E-state index contributed by atoms with van der Waals surface area (Å²) in [4.78, 5) is 11.3. The molecule has 1 heterocycles. The molecule has 1 N–H and O–H groups in total. The van der Waals surface area contributed by atoms with Crippen molar-refractivity contribution in [2.45, 2.75) is 45.1 Å². The zero-order chi connectivity index (χ0) is 19.0. The van der Waals surface area contributed by atoms with E-state index in [1.165, 1.54) is 0 Å². The highest BCUT2D eigenvalue weighted by molar-refractivity contribution is 7.89. The van der Waals surface area contributed by atoms with Gasteiger partial charge < -0.3 is 9.84 Å². The zero-order valence-electron chi connectivity index (χ0n) is 15.1. The van der Waals surface area contributed by atoms with Crippen LogP contribution in [0.2, 0.25) is 0 Å². The molecule has 0 saturated carbocycles. The number of piperidine rings is 1. The average Bonchev–Trinajstić information content (AvgIpc) is 2.63. The molecule has 1 aliphatic heterocycles. The Hall–Kier alpha value is -1.86. The van der Waals surface area contributed by atoms with Crippen LogP contribution in [0.3, 0.4) is 0 Å². The minimum Gasteiger partial charge on any atom is -0.494 e. The van der Waals surface area contributed by atoms with Crippen molar-refractivity contribution in [2.24, 2.45) is 0 Å². The van der Waals surface area contributed by atoms with Gasteiger partial charge in [0.05, 0.1) is 12.4 Å². The van der Waals surface area contributed by atoms with Gasteiger partial charge in [0.2, 0.25) is 10.0 Å². The van der Waals surface area contributed by atoms with E-state index in [4.69, 9.17) is 4.74 Å². The van der Waals surface area contributed by atoms with Gasteiger partial charge in [-0.05, 0) is 43.4 Å². The van der Waals surface area contributed by atoms with Gasteiger partial charge in [-0.2, -0.15) is 4.31 Å². The molecular formula is C19H27NO5S. The standard InChI is InChI=1S/C19H27NO5S/c1-2-3-14-25-17-11-9-16(10-12-17)7-6-15-26(23,24)20-13-5-4-8-18(20)19(21)22/h6-7,9-12,18H,2-5,8,13-15H2,1H3,(H,21,22). The molecule has 1 saturated heterocycles. The second-order valence-corrected chi connectivity index (χ2v) is 8.38. The van der Waals surface area contributed by atoms with E-state index in [1.54, 1.807) is 12.2 Å². The summed E-state index contributed by atoms with van der Waals surface area (Å²) < 4.78 is 31.7. The number of carboxylic acids is 1. The monoisotopic (exact) mass is 381 g/mol. The topological polar surface area (TPSA) is 83.9 Å². The fraction of sp³-hybridized carbons (Fsp3) is 0.526. The molecule has 26 heavy (non-hydrogen) atoms. The van der Waals surface area contributed by atoms with Crippen molar-refractivity contribution >= 4 is 22.1 Å². The van der Waals surface area contributed by atoms with Crippen LogP contribution in [0.15, 0.2) is 30.3 Å². The van der Waals surface area contributed by atoms with E-state index in [9.17, 15) is 18.3 Å². The Morgan fingerprint density at radius 1 is 1.31 bits per heavy atom. The lowest BCUT2D eigenvalue weighted by Crippen LogP contribution is -2.48. The molecule has 1 aliphatic rings. The third-order valence-corrected chi connectivity index (χ3v) is 6.13. The van der Waals surface area contributed by atoms with Gasteiger partial charge in [0, 0.05) is 6.54 Å². The lowest BCUT2D eigenvalue weighted by Gasteiger charge is -2.31. The Bertz CT molecular complexity index is 712.